The van der Waals surface area contributed by atoms with Gasteiger partial charge in [-0.25, -0.2) is 0 Å². The van der Waals surface area contributed by atoms with E-state index >= 15 is 0 Å². The molecule has 1 aromatic heterocycles. The molecule has 2 N–H and O–H groups in total. The second-order valence-corrected chi connectivity index (χ2v) is 3.84. The highest BCUT2D eigenvalue weighted by molar-refractivity contribution is 6.35. The van der Waals surface area contributed by atoms with E-state index in [-0.39, 0.29) is 6.04 Å². The highest BCUT2D eigenvalue weighted by Crippen LogP contribution is 2.27. The summed E-state index contributed by atoms with van der Waals surface area (Å²) in [6.07, 6.45) is 0. The van der Waals surface area contributed by atoms with E-state index in [1.165, 1.54) is 0 Å². The van der Waals surface area contributed by atoms with Gasteiger partial charge in [0.05, 0.1) is 16.2 Å². The van der Waals surface area contributed by atoms with Crippen molar-refractivity contribution in [3.8, 4) is 0 Å². The van der Waals surface area contributed by atoms with E-state index < -0.39 is 0 Å². The molecule has 1 heterocycles. The van der Waals surface area contributed by atoms with Gasteiger partial charge in [-0.05, 0) is 13.0 Å². The lowest BCUT2D eigenvalue weighted by atomic mass is 10.1. The molecule has 0 saturated carbocycles. The number of halogens is 1. The van der Waals surface area contributed by atoms with Gasteiger partial charge in [-0.3, -0.25) is 4.68 Å². The van der Waals surface area contributed by atoms with Crippen LogP contribution in [0.3, 0.4) is 0 Å². The molecule has 0 aliphatic heterocycles. The summed E-state index contributed by atoms with van der Waals surface area (Å²) in [5.41, 5.74) is 7.66. The first-order valence-electron chi connectivity index (χ1n) is 4.48. The van der Waals surface area contributed by atoms with Crippen molar-refractivity contribution in [1.82, 2.24) is 9.78 Å². The molecule has 1 atom stereocenters. The van der Waals surface area contributed by atoms with Gasteiger partial charge in [0.2, 0.25) is 0 Å². The molecule has 14 heavy (non-hydrogen) atoms. The van der Waals surface area contributed by atoms with Gasteiger partial charge in [0.25, 0.3) is 0 Å². The number of benzene rings is 1. The van der Waals surface area contributed by atoms with Crippen molar-refractivity contribution in [1.29, 1.82) is 0 Å². The maximum absolute atomic E-state index is 6.08. The number of fused-ring (bicyclic) bond motifs is 1. The van der Waals surface area contributed by atoms with Crippen LogP contribution < -0.4 is 5.73 Å². The highest BCUT2D eigenvalue weighted by atomic mass is 35.5. The number of para-hydroxylation sites is 1. The Kier molecular flexibility index (Phi) is 2.21. The molecule has 0 radical (unpaired) electrons. The first-order valence-corrected chi connectivity index (χ1v) is 4.85. The van der Waals surface area contributed by atoms with E-state index in [0.717, 1.165) is 16.6 Å². The summed E-state index contributed by atoms with van der Waals surface area (Å²) in [6.45, 7) is 1.92. The fourth-order valence-corrected chi connectivity index (χ4v) is 1.95. The summed E-state index contributed by atoms with van der Waals surface area (Å²) in [4.78, 5) is 0. The van der Waals surface area contributed by atoms with E-state index in [1.54, 1.807) is 4.68 Å². The van der Waals surface area contributed by atoms with Crippen molar-refractivity contribution in [2.45, 2.75) is 13.0 Å². The molecule has 0 fully saturated rings. The number of nitrogens with zero attached hydrogens (tertiary/aromatic N) is 2. The average Bonchev–Trinajstić information content (AvgIpc) is 2.45. The third-order valence-corrected chi connectivity index (χ3v) is 2.58. The van der Waals surface area contributed by atoms with Crippen LogP contribution >= 0.6 is 11.6 Å². The molecule has 3 nitrogen and oxygen atoms in total. The number of hydrogen-bond acceptors (Lipinski definition) is 2. The van der Waals surface area contributed by atoms with Crippen molar-refractivity contribution in [2.75, 3.05) is 0 Å². The SMILES string of the molecule is CC(N)c1nn(C)c2c(Cl)cccc12. The molecule has 4 heteroatoms. The molecule has 1 aromatic carbocycles. The standard InChI is InChI=1S/C10H12ClN3/c1-6(12)9-7-4-3-5-8(11)10(7)14(2)13-9/h3-6H,12H2,1-2H3. The Labute approximate surface area is 87.5 Å². The van der Waals surface area contributed by atoms with E-state index in [1.807, 2.05) is 32.2 Å². The van der Waals surface area contributed by atoms with E-state index in [4.69, 9.17) is 17.3 Å². The zero-order valence-electron chi connectivity index (χ0n) is 8.16. The topological polar surface area (TPSA) is 43.8 Å². The van der Waals surface area contributed by atoms with Crippen LogP contribution in [0.1, 0.15) is 18.7 Å². The molecule has 2 rings (SSSR count). The molecule has 0 spiro atoms. The van der Waals surface area contributed by atoms with Gasteiger partial charge in [-0.2, -0.15) is 5.10 Å². The van der Waals surface area contributed by atoms with Crippen LogP contribution in [0.15, 0.2) is 18.2 Å². The van der Waals surface area contributed by atoms with Gasteiger partial charge < -0.3 is 5.73 Å². The Morgan fingerprint density at radius 3 is 2.86 bits per heavy atom. The summed E-state index contributed by atoms with van der Waals surface area (Å²) < 4.78 is 1.77. The van der Waals surface area contributed by atoms with Crippen LogP contribution in [-0.2, 0) is 7.05 Å². The monoisotopic (exact) mass is 209 g/mol. The van der Waals surface area contributed by atoms with Gasteiger partial charge in [-0.15, -0.1) is 0 Å². The fourth-order valence-electron chi connectivity index (χ4n) is 1.65. The van der Waals surface area contributed by atoms with Crippen molar-refractivity contribution in [3.63, 3.8) is 0 Å². The van der Waals surface area contributed by atoms with Crippen LogP contribution in [0.25, 0.3) is 10.9 Å². The molecular weight excluding hydrogens is 198 g/mol. The Hall–Kier alpha value is -1.06. The molecule has 0 bridgehead atoms. The van der Waals surface area contributed by atoms with Crippen LogP contribution in [0.5, 0.6) is 0 Å². The summed E-state index contributed by atoms with van der Waals surface area (Å²) in [5, 5.41) is 6.11. The normalized spacial score (nSPS) is 13.4. The van der Waals surface area contributed by atoms with Crippen molar-refractivity contribution >= 4 is 22.5 Å². The van der Waals surface area contributed by atoms with Crippen LogP contribution in [0.2, 0.25) is 5.02 Å². The summed E-state index contributed by atoms with van der Waals surface area (Å²) in [6, 6.07) is 5.69. The van der Waals surface area contributed by atoms with Gasteiger partial charge >= 0.3 is 0 Å². The lowest BCUT2D eigenvalue weighted by Crippen LogP contribution is -2.06. The lowest BCUT2D eigenvalue weighted by Gasteiger charge is -1.99. The fraction of sp³-hybridized carbons (Fsp3) is 0.300. The van der Waals surface area contributed by atoms with Crippen LogP contribution in [-0.4, -0.2) is 9.78 Å². The maximum Gasteiger partial charge on any atom is 0.0868 e. The van der Waals surface area contributed by atoms with E-state index in [0.29, 0.717) is 5.02 Å². The minimum Gasteiger partial charge on any atom is -0.323 e. The minimum atomic E-state index is -0.0721. The van der Waals surface area contributed by atoms with Crippen LogP contribution in [0, 0.1) is 0 Å². The second kappa shape index (κ2) is 3.26. The number of nitrogens with two attached hydrogens (primary N) is 1. The zero-order chi connectivity index (χ0) is 10.3. The van der Waals surface area contributed by atoms with Crippen molar-refractivity contribution < 1.29 is 0 Å². The number of rotatable bonds is 1. The third kappa shape index (κ3) is 1.29. The minimum absolute atomic E-state index is 0.0721. The average molecular weight is 210 g/mol. The first-order chi connectivity index (χ1) is 6.61. The maximum atomic E-state index is 6.08. The van der Waals surface area contributed by atoms with Gasteiger partial charge in [-0.1, -0.05) is 23.7 Å². The predicted octanol–water partition coefficient (Wildman–Crippen LogP) is 2.25. The largest absolute Gasteiger partial charge is 0.323 e. The van der Waals surface area contributed by atoms with E-state index in [9.17, 15) is 0 Å². The molecule has 2 aromatic rings. The predicted molar refractivity (Wildman–Crippen MR) is 58.3 cm³/mol. The molecule has 0 amide bonds. The Bertz CT molecular complexity index is 473. The van der Waals surface area contributed by atoms with E-state index in [2.05, 4.69) is 5.10 Å². The summed E-state index contributed by atoms with van der Waals surface area (Å²) in [7, 11) is 1.88. The molecule has 1 unspecified atom stereocenters. The quantitative estimate of drug-likeness (QED) is 0.783. The lowest BCUT2D eigenvalue weighted by molar-refractivity contribution is 0.712. The molecule has 0 saturated heterocycles. The molecular formula is C10H12ClN3. The molecule has 0 aliphatic rings. The van der Waals surface area contributed by atoms with Gasteiger partial charge in [0.1, 0.15) is 0 Å². The Morgan fingerprint density at radius 2 is 2.21 bits per heavy atom. The molecule has 0 aliphatic carbocycles. The number of aryl methyl sites for hydroxylation is 1. The van der Waals surface area contributed by atoms with Crippen molar-refractivity contribution in [2.24, 2.45) is 12.8 Å². The third-order valence-electron chi connectivity index (χ3n) is 2.28. The molecule has 74 valence electrons. The smallest absolute Gasteiger partial charge is 0.0868 e. The zero-order valence-corrected chi connectivity index (χ0v) is 8.92. The Morgan fingerprint density at radius 1 is 1.50 bits per heavy atom. The van der Waals surface area contributed by atoms with Crippen molar-refractivity contribution in [3.05, 3.63) is 28.9 Å². The first kappa shape index (κ1) is 9.49. The Balaban J connectivity index is 2.84. The summed E-state index contributed by atoms with van der Waals surface area (Å²) >= 11 is 6.08. The number of aromatic nitrogens is 2. The van der Waals surface area contributed by atoms with Crippen LogP contribution in [0.4, 0.5) is 0 Å². The van der Waals surface area contributed by atoms with Gasteiger partial charge in [0.15, 0.2) is 0 Å². The highest BCUT2D eigenvalue weighted by Gasteiger charge is 2.13. The summed E-state index contributed by atoms with van der Waals surface area (Å²) in [5.74, 6) is 0. The van der Waals surface area contributed by atoms with Gasteiger partial charge in [0, 0.05) is 18.5 Å². The number of hydrogen-bond donors (Lipinski definition) is 1. The second-order valence-electron chi connectivity index (χ2n) is 3.43.